The van der Waals surface area contributed by atoms with E-state index in [1.165, 1.54) is 5.56 Å². The maximum Gasteiger partial charge on any atom is 0.255 e. The fourth-order valence-electron chi connectivity index (χ4n) is 3.22. The second kappa shape index (κ2) is 7.29. The lowest BCUT2D eigenvalue weighted by Gasteiger charge is -2.38. The summed E-state index contributed by atoms with van der Waals surface area (Å²) in [4.78, 5) is 23.2. The molecule has 132 valence electrons. The van der Waals surface area contributed by atoms with Crippen molar-refractivity contribution in [3.63, 3.8) is 0 Å². The maximum atomic E-state index is 12.5. The minimum atomic E-state index is -1.14. The summed E-state index contributed by atoms with van der Waals surface area (Å²) in [7, 11) is 4.09. The number of carbonyl (C=O) groups is 1. The number of hydrogen-bond acceptors (Lipinski definition) is 6. The summed E-state index contributed by atoms with van der Waals surface area (Å²) in [5.41, 5.74) is 0.0531. The number of amides is 1. The fourth-order valence-corrected chi connectivity index (χ4v) is 4.45. The molecule has 2 fully saturated rings. The Morgan fingerprint density at radius 2 is 2.08 bits per heavy atom. The Balaban J connectivity index is 1.56. The normalized spacial score (nSPS) is 24.7. The van der Waals surface area contributed by atoms with Gasteiger partial charge >= 0.3 is 0 Å². The van der Waals surface area contributed by atoms with Gasteiger partial charge in [-0.15, -0.1) is 0 Å². The minimum absolute atomic E-state index is 0.0959. The van der Waals surface area contributed by atoms with Crippen molar-refractivity contribution < 1.29 is 9.90 Å². The number of nitrogens with zero attached hydrogens (tertiary/aromatic N) is 4. The molecule has 0 aliphatic carbocycles. The Morgan fingerprint density at radius 3 is 2.62 bits per heavy atom. The molecule has 1 aromatic heterocycles. The molecule has 0 saturated carbocycles. The molecule has 1 aromatic rings. The van der Waals surface area contributed by atoms with Crippen LogP contribution in [0.3, 0.4) is 0 Å². The van der Waals surface area contributed by atoms with Crippen LogP contribution in [-0.4, -0.2) is 83.2 Å². The smallest absolute Gasteiger partial charge is 0.255 e. The monoisotopic (exact) mass is 350 g/mol. The second-order valence-electron chi connectivity index (χ2n) is 6.88. The van der Waals surface area contributed by atoms with Gasteiger partial charge in [0, 0.05) is 44.7 Å². The predicted octanol–water partition coefficient (Wildman–Crippen LogP) is 0.660. The molecule has 3 rings (SSSR count). The van der Waals surface area contributed by atoms with Gasteiger partial charge in [-0.25, -0.2) is 4.98 Å². The van der Waals surface area contributed by atoms with E-state index in [9.17, 15) is 9.90 Å². The van der Waals surface area contributed by atoms with Crippen molar-refractivity contribution >= 4 is 23.5 Å². The van der Waals surface area contributed by atoms with Crippen molar-refractivity contribution in [1.82, 2.24) is 14.8 Å². The van der Waals surface area contributed by atoms with E-state index in [1.54, 1.807) is 11.8 Å². The Hall–Kier alpha value is -1.31. The van der Waals surface area contributed by atoms with Crippen LogP contribution in [0, 0.1) is 0 Å². The van der Waals surface area contributed by atoms with E-state index in [1.807, 2.05) is 25.2 Å². The topological polar surface area (TPSA) is 59.9 Å². The molecule has 2 aliphatic heterocycles. The van der Waals surface area contributed by atoms with Gasteiger partial charge in [-0.3, -0.25) is 4.79 Å². The van der Waals surface area contributed by atoms with Gasteiger partial charge < -0.3 is 19.8 Å². The molecule has 0 bridgehead atoms. The molecule has 24 heavy (non-hydrogen) atoms. The van der Waals surface area contributed by atoms with E-state index in [0.29, 0.717) is 25.3 Å². The fraction of sp³-hybridized carbons (Fsp3) is 0.647. The van der Waals surface area contributed by atoms with Crippen LogP contribution in [-0.2, 0) is 11.3 Å². The molecule has 2 aliphatic rings. The Bertz CT molecular complexity index is 564. The number of hydrogen-bond donors (Lipinski definition) is 1. The highest BCUT2D eigenvalue weighted by Gasteiger charge is 2.42. The van der Waals surface area contributed by atoms with E-state index in [4.69, 9.17) is 0 Å². The van der Waals surface area contributed by atoms with Crippen LogP contribution in [0.25, 0.3) is 0 Å². The first-order chi connectivity index (χ1) is 11.5. The molecule has 1 atom stereocenters. The average Bonchev–Trinajstić information content (AvgIpc) is 3.02. The summed E-state index contributed by atoms with van der Waals surface area (Å²) in [5.74, 6) is 2.26. The van der Waals surface area contributed by atoms with E-state index < -0.39 is 5.60 Å². The van der Waals surface area contributed by atoms with Gasteiger partial charge in [-0.2, -0.15) is 11.8 Å². The molecule has 1 N–H and O–H groups in total. The summed E-state index contributed by atoms with van der Waals surface area (Å²) < 4.78 is 0. The van der Waals surface area contributed by atoms with Gasteiger partial charge in [0.2, 0.25) is 0 Å². The van der Waals surface area contributed by atoms with Crippen LogP contribution in [0.1, 0.15) is 12.0 Å². The first kappa shape index (κ1) is 17.5. The van der Waals surface area contributed by atoms with Gasteiger partial charge in [0.15, 0.2) is 5.60 Å². The number of carbonyl (C=O) groups excluding carboxylic acids is 1. The first-order valence-corrected chi connectivity index (χ1v) is 9.57. The lowest BCUT2D eigenvalue weighted by atomic mass is 10.0. The molecule has 1 amide bonds. The van der Waals surface area contributed by atoms with Crippen molar-refractivity contribution in [2.24, 2.45) is 0 Å². The van der Waals surface area contributed by atoms with Crippen molar-refractivity contribution in [3.8, 4) is 0 Å². The number of aliphatic hydroxyl groups is 1. The third kappa shape index (κ3) is 3.84. The van der Waals surface area contributed by atoms with Crippen LogP contribution in [0.2, 0.25) is 0 Å². The molecule has 1 unspecified atom stereocenters. The number of pyridine rings is 1. The Morgan fingerprint density at radius 1 is 1.33 bits per heavy atom. The van der Waals surface area contributed by atoms with Gasteiger partial charge in [0.1, 0.15) is 5.82 Å². The minimum Gasteiger partial charge on any atom is -0.379 e. The van der Waals surface area contributed by atoms with Crippen molar-refractivity contribution in [1.29, 1.82) is 0 Å². The van der Waals surface area contributed by atoms with Gasteiger partial charge in [-0.05, 0) is 37.9 Å². The van der Waals surface area contributed by atoms with E-state index in [0.717, 1.165) is 31.2 Å². The molecular weight excluding hydrogens is 324 g/mol. The lowest BCUT2D eigenvalue weighted by molar-refractivity contribution is -0.149. The molecule has 7 heteroatoms. The highest BCUT2D eigenvalue weighted by atomic mass is 32.2. The van der Waals surface area contributed by atoms with Gasteiger partial charge in [0.05, 0.1) is 0 Å². The molecule has 0 radical (unpaired) electrons. The maximum absolute atomic E-state index is 12.5. The SMILES string of the molecule is CN(C)Cc1ccc(N2CCN(C(=O)C3(O)CCSC3)CC2)nc1. The number of thioether (sulfide) groups is 1. The summed E-state index contributed by atoms with van der Waals surface area (Å²) >= 11 is 1.65. The zero-order chi connectivity index (χ0) is 17.2. The van der Waals surface area contributed by atoms with Crippen LogP contribution < -0.4 is 4.90 Å². The second-order valence-corrected chi connectivity index (χ2v) is 7.98. The zero-order valence-corrected chi connectivity index (χ0v) is 15.3. The van der Waals surface area contributed by atoms with E-state index >= 15 is 0 Å². The lowest BCUT2D eigenvalue weighted by Crippen LogP contribution is -2.56. The van der Waals surface area contributed by atoms with Crippen LogP contribution in [0.15, 0.2) is 18.3 Å². The van der Waals surface area contributed by atoms with Crippen molar-refractivity contribution in [2.75, 3.05) is 56.7 Å². The number of aromatic nitrogens is 1. The zero-order valence-electron chi connectivity index (χ0n) is 14.4. The number of piperazine rings is 1. The van der Waals surface area contributed by atoms with Crippen LogP contribution in [0.5, 0.6) is 0 Å². The van der Waals surface area contributed by atoms with Crippen molar-refractivity contribution in [2.45, 2.75) is 18.6 Å². The van der Waals surface area contributed by atoms with Crippen LogP contribution >= 0.6 is 11.8 Å². The number of rotatable bonds is 4. The Kier molecular flexibility index (Phi) is 5.32. The summed E-state index contributed by atoms with van der Waals surface area (Å²) in [6.07, 6.45) is 2.50. The molecule has 6 nitrogen and oxygen atoms in total. The molecule has 0 aromatic carbocycles. The molecule has 2 saturated heterocycles. The van der Waals surface area contributed by atoms with Crippen molar-refractivity contribution in [3.05, 3.63) is 23.9 Å². The standard InChI is InChI=1S/C17H26N4O2S/c1-19(2)12-14-3-4-15(18-11-14)20-6-8-21(9-7-20)16(22)17(23)5-10-24-13-17/h3-4,11,23H,5-10,12-13H2,1-2H3. The highest BCUT2D eigenvalue weighted by Crippen LogP contribution is 2.30. The predicted molar refractivity (Wildman–Crippen MR) is 97.3 cm³/mol. The van der Waals surface area contributed by atoms with Gasteiger partial charge in [-0.1, -0.05) is 6.07 Å². The largest absolute Gasteiger partial charge is 0.379 e. The number of anilines is 1. The Labute approximate surface area is 147 Å². The highest BCUT2D eigenvalue weighted by molar-refractivity contribution is 7.99. The summed E-state index contributed by atoms with van der Waals surface area (Å²) in [6.45, 7) is 3.69. The summed E-state index contributed by atoms with van der Waals surface area (Å²) in [6, 6.07) is 4.16. The van der Waals surface area contributed by atoms with Crippen LogP contribution in [0.4, 0.5) is 5.82 Å². The molecular formula is C17H26N4O2S. The summed E-state index contributed by atoms with van der Waals surface area (Å²) in [5, 5.41) is 10.5. The molecule has 0 spiro atoms. The van der Waals surface area contributed by atoms with Gasteiger partial charge in [0.25, 0.3) is 5.91 Å². The first-order valence-electron chi connectivity index (χ1n) is 8.42. The van der Waals surface area contributed by atoms with E-state index in [2.05, 4.69) is 26.9 Å². The quantitative estimate of drug-likeness (QED) is 0.861. The third-order valence-corrected chi connectivity index (χ3v) is 5.77. The van der Waals surface area contributed by atoms with E-state index in [-0.39, 0.29) is 5.91 Å². The third-order valence-electron chi connectivity index (χ3n) is 4.60. The average molecular weight is 350 g/mol. The molecule has 3 heterocycles.